The maximum Gasteiger partial charge on any atom is 0.309 e. The Morgan fingerprint density at radius 3 is 3.00 bits per heavy atom. The zero-order chi connectivity index (χ0) is 12.4. The molecule has 0 atom stereocenters. The lowest BCUT2D eigenvalue weighted by Gasteiger charge is -2.06. The number of carbonyl (C=O) groups excluding carboxylic acids is 1. The third-order valence-corrected chi connectivity index (χ3v) is 2.52. The molecular weight excluding hydrogens is 309 g/mol. The molecule has 0 aromatic carbocycles. The quantitative estimate of drug-likeness (QED) is 0.799. The molecule has 7 heteroatoms. The summed E-state index contributed by atoms with van der Waals surface area (Å²) in [6.45, 7) is 1.31. The van der Waals surface area contributed by atoms with Gasteiger partial charge in [-0.15, -0.1) is 0 Å². The van der Waals surface area contributed by atoms with Crippen molar-refractivity contribution in [2.45, 2.75) is 6.92 Å². The Balaban J connectivity index is 2.51. The van der Waals surface area contributed by atoms with Gasteiger partial charge in [0.2, 0.25) is 5.88 Å². The molecule has 0 bridgehead atoms. The first-order valence-corrected chi connectivity index (χ1v) is 5.80. The fraction of sp³-hybridized carbons (Fsp3) is 0.100. The Bertz CT molecular complexity index is 570. The highest BCUT2D eigenvalue weighted by atomic mass is 79.9. The zero-order valence-electron chi connectivity index (χ0n) is 8.72. The third-order valence-electron chi connectivity index (χ3n) is 1.83. The maximum absolute atomic E-state index is 11.0. The van der Waals surface area contributed by atoms with E-state index in [0.717, 1.165) is 0 Å². The zero-order valence-corrected chi connectivity index (χ0v) is 11.1. The molecule has 0 fully saturated rings. The van der Waals surface area contributed by atoms with Crippen molar-refractivity contribution in [3.8, 4) is 11.7 Å². The highest BCUT2D eigenvalue weighted by Gasteiger charge is 2.14. The van der Waals surface area contributed by atoms with E-state index < -0.39 is 5.97 Å². The molecule has 0 saturated heterocycles. The molecule has 2 aromatic rings. The number of aromatic nitrogens is 3. The van der Waals surface area contributed by atoms with Gasteiger partial charge in [0.05, 0.1) is 5.02 Å². The molecule has 0 amide bonds. The van der Waals surface area contributed by atoms with Gasteiger partial charge in [-0.1, -0.05) is 11.6 Å². The summed E-state index contributed by atoms with van der Waals surface area (Å²) < 4.78 is 6.89. The topological polar surface area (TPSA) is 57.0 Å². The van der Waals surface area contributed by atoms with Crippen LogP contribution in [0, 0.1) is 0 Å². The van der Waals surface area contributed by atoms with Gasteiger partial charge < -0.3 is 4.74 Å². The molecule has 0 aliphatic carbocycles. The van der Waals surface area contributed by atoms with Crippen LogP contribution in [-0.2, 0) is 4.79 Å². The first-order valence-electron chi connectivity index (χ1n) is 4.63. The van der Waals surface area contributed by atoms with Crippen molar-refractivity contribution in [2.24, 2.45) is 0 Å². The molecule has 88 valence electrons. The van der Waals surface area contributed by atoms with Gasteiger partial charge >= 0.3 is 5.97 Å². The average Bonchev–Trinajstić information content (AvgIpc) is 2.59. The average molecular weight is 317 g/mol. The van der Waals surface area contributed by atoms with Crippen LogP contribution in [0.15, 0.2) is 29.0 Å². The van der Waals surface area contributed by atoms with Gasteiger partial charge in [-0.25, -0.2) is 4.98 Å². The van der Waals surface area contributed by atoms with E-state index >= 15 is 0 Å². The predicted molar refractivity (Wildman–Crippen MR) is 65.4 cm³/mol. The number of pyridine rings is 1. The van der Waals surface area contributed by atoms with Crippen molar-refractivity contribution in [1.29, 1.82) is 0 Å². The summed E-state index contributed by atoms with van der Waals surface area (Å²) in [7, 11) is 0. The molecule has 5 nitrogen and oxygen atoms in total. The Labute approximate surface area is 110 Å². The summed E-state index contributed by atoms with van der Waals surface area (Å²) in [5, 5.41) is 4.52. The van der Waals surface area contributed by atoms with Gasteiger partial charge in [0.25, 0.3) is 0 Å². The number of ether oxygens (including phenoxy) is 1. The first-order chi connectivity index (χ1) is 8.08. The number of hydrogen-bond donors (Lipinski definition) is 0. The standard InChI is InChI=1S/C10H7BrClN3O2/c1-6(16)17-9-5-8(11)14-15(9)10-7(12)3-2-4-13-10/h2-5H,1H3. The summed E-state index contributed by atoms with van der Waals surface area (Å²) in [5.41, 5.74) is 0. The molecule has 2 heterocycles. The molecule has 0 spiro atoms. The van der Waals surface area contributed by atoms with Gasteiger partial charge in [0.15, 0.2) is 5.82 Å². The van der Waals surface area contributed by atoms with Gasteiger partial charge in [-0.05, 0) is 28.1 Å². The fourth-order valence-electron chi connectivity index (χ4n) is 1.24. The molecule has 17 heavy (non-hydrogen) atoms. The largest absolute Gasteiger partial charge is 0.407 e. The molecular formula is C10H7BrClN3O2. The van der Waals surface area contributed by atoms with Crippen LogP contribution in [0.4, 0.5) is 0 Å². The SMILES string of the molecule is CC(=O)Oc1cc(Br)nn1-c1ncccc1Cl. The summed E-state index contributed by atoms with van der Waals surface area (Å²) in [4.78, 5) is 15.0. The van der Waals surface area contributed by atoms with E-state index in [4.69, 9.17) is 16.3 Å². The highest BCUT2D eigenvalue weighted by molar-refractivity contribution is 9.10. The van der Waals surface area contributed by atoms with E-state index in [1.165, 1.54) is 11.6 Å². The number of hydrogen-bond acceptors (Lipinski definition) is 4. The van der Waals surface area contributed by atoms with Crippen molar-refractivity contribution >= 4 is 33.5 Å². The minimum absolute atomic E-state index is 0.255. The minimum atomic E-state index is -0.439. The van der Waals surface area contributed by atoms with Gasteiger partial charge in [0.1, 0.15) is 4.60 Å². The van der Waals surface area contributed by atoms with Crippen LogP contribution in [0.25, 0.3) is 5.82 Å². The minimum Gasteiger partial charge on any atom is -0.407 e. The van der Waals surface area contributed by atoms with E-state index in [1.54, 1.807) is 24.4 Å². The lowest BCUT2D eigenvalue weighted by molar-refractivity contribution is -0.132. The molecule has 0 radical (unpaired) electrons. The van der Waals surface area contributed by atoms with Crippen molar-refractivity contribution < 1.29 is 9.53 Å². The molecule has 2 aromatic heterocycles. The van der Waals surface area contributed by atoms with Crippen LogP contribution in [0.5, 0.6) is 5.88 Å². The van der Waals surface area contributed by atoms with Crippen molar-refractivity contribution in [2.75, 3.05) is 0 Å². The van der Waals surface area contributed by atoms with E-state index in [1.807, 2.05) is 0 Å². The normalized spacial score (nSPS) is 10.3. The Morgan fingerprint density at radius 2 is 2.35 bits per heavy atom. The van der Waals surface area contributed by atoms with Crippen LogP contribution in [-0.4, -0.2) is 20.7 Å². The molecule has 0 aliphatic rings. The first kappa shape index (κ1) is 12.1. The third kappa shape index (κ3) is 2.65. The molecule has 0 aliphatic heterocycles. The number of nitrogens with zero attached hydrogens (tertiary/aromatic N) is 3. The highest BCUT2D eigenvalue weighted by Crippen LogP contribution is 2.25. The molecule has 2 rings (SSSR count). The second kappa shape index (κ2) is 4.85. The number of halogens is 2. The van der Waals surface area contributed by atoms with Crippen molar-refractivity contribution in [3.05, 3.63) is 34.0 Å². The van der Waals surface area contributed by atoms with E-state index in [2.05, 4.69) is 26.0 Å². The lowest BCUT2D eigenvalue weighted by atomic mass is 10.4. The van der Waals surface area contributed by atoms with Crippen molar-refractivity contribution in [1.82, 2.24) is 14.8 Å². The Hall–Kier alpha value is -1.40. The van der Waals surface area contributed by atoms with Crippen LogP contribution >= 0.6 is 27.5 Å². The van der Waals surface area contributed by atoms with Crippen LogP contribution < -0.4 is 4.74 Å². The summed E-state index contributed by atoms with van der Waals surface area (Å²) in [5.74, 6) is 0.215. The second-order valence-corrected chi connectivity index (χ2v) is 4.34. The monoisotopic (exact) mass is 315 g/mol. The van der Waals surface area contributed by atoms with Gasteiger partial charge in [-0.2, -0.15) is 9.78 Å². The van der Waals surface area contributed by atoms with Gasteiger partial charge in [-0.3, -0.25) is 4.79 Å². The smallest absolute Gasteiger partial charge is 0.309 e. The van der Waals surface area contributed by atoms with Gasteiger partial charge in [0, 0.05) is 19.2 Å². The van der Waals surface area contributed by atoms with Crippen LogP contribution in [0.2, 0.25) is 5.02 Å². The van der Waals surface area contributed by atoms with Crippen LogP contribution in [0.3, 0.4) is 0 Å². The van der Waals surface area contributed by atoms with Crippen molar-refractivity contribution in [3.63, 3.8) is 0 Å². The van der Waals surface area contributed by atoms with Crippen LogP contribution in [0.1, 0.15) is 6.92 Å². The summed E-state index contributed by atoms with van der Waals surface area (Å²) in [6.07, 6.45) is 1.58. The fourth-order valence-corrected chi connectivity index (χ4v) is 1.80. The summed E-state index contributed by atoms with van der Waals surface area (Å²) >= 11 is 9.20. The number of carbonyl (C=O) groups is 1. The molecule has 0 N–H and O–H groups in total. The summed E-state index contributed by atoms with van der Waals surface area (Å²) in [6, 6.07) is 4.94. The Morgan fingerprint density at radius 1 is 1.59 bits per heavy atom. The molecule has 0 unspecified atom stereocenters. The number of esters is 1. The van der Waals surface area contributed by atoms with E-state index in [9.17, 15) is 4.79 Å². The van der Waals surface area contributed by atoms with E-state index in [-0.39, 0.29) is 5.88 Å². The second-order valence-electron chi connectivity index (χ2n) is 3.12. The number of rotatable bonds is 2. The molecule has 0 saturated carbocycles. The maximum atomic E-state index is 11.0. The Kier molecular flexibility index (Phi) is 3.44. The lowest BCUT2D eigenvalue weighted by Crippen LogP contribution is -2.08. The predicted octanol–water partition coefficient (Wildman–Crippen LogP) is 2.61. The van der Waals surface area contributed by atoms with E-state index in [0.29, 0.717) is 15.4 Å².